The highest BCUT2D eigenvalue weighted by molar-refractivity contribution is 8.17. The van der Waals surface area contributed by atoms with Crippen LogP contribution in [0, 0.1) is 0 Å². The van der Waals surface area contributed by atoms with E-state index >= 15 is 0 Å². The molecule has 1 N–H and O–H groups in total. The summed E-state index contributed by atoms with van der Waals surface area (Å²) in [6, 6.07) is 20.3. The van der Waals surface area contributed by atoms with Gasteiger partial charge in [0.15, 0.2) is 7.29 Å². The largest absolute Gasteiger partial charge is 0.337 e. The first kappa shape index (κ1) is 19.0. The molecule has 2 aromatic carbocycles. The van der Waals surface area contributed by atoms with Crippen molar-refractivity contribution in [2.45, 2.75) is 13.0 Å². The predicted octanol–water partition coefficient (Wildman–Crippen LogP) is 5.88. The van der Waals surface area contributed by atoms with Gasteiger partial charge in [-0.1, -0.05) is 72.4 Å². The van der Waals surface area contributed by atoms with Crippen molar-refractivity contribution in [1.82, 2.24) is 14.6 Å². The molecule has 1 aliphatic heterocycles. The second kappa shape index (κ2) is 8.78. The monoisotopic (exact) mass is 407 g/mol. The summed E-state index contributed by atoms with van der Waals surface area (Å²) in [6.45, 7) is 1.53. The molecular formula is C22H22N3OPS. The Hall–Kier alpha value is -2.33. The van der Waals surface area contributed by atoms with E-state index in [0.717, 1.165) is 33.9 Å². The average molecular weight is 407 g/mol. The van der Waals surface area contributed by atoms with Gasteiger partial charge in [-0.05, 0) is 17.5 Å². The molecule has 0 atom stereocenters. The van der Waals surface area contributed by atoms with E-state index in [1.807, 2.05) is 58.8 Å². The van der Waals surface area contributed by atoms with Crippen LogP contribution in [0.15, 0.2) is 91.0 Å². The molecular weight excluding hydrogens is 385 g/mol. The van der Waals surface area contributed by atoms with Gasteiger partial charge >= 0.3 is 0 Å². The van der Waals surface area contributed by atoms with Crippen LogP contribution >= 0.6 is 19.1 Å². The van der Waals surface area contributed by atoms with Crippen LogP contribution in [-0.2, 0) is 11.1 Å². The Morgan fingerprint density at radius 1 is 0.929 bits per heavy atom. The number of aryl methyl sites for hydroxylation is 1. The van der Waals surface area contributed by atoms with Gasteiger partial charge in [0, 0.05) is 46.9 Å². The van der Waals surface area contributed by atoms with Crippen LogP contribution in [0.3, 0.4) is 0 Å². The van der Waals surface area contributed by atoms with Gasteiger partial charge in [0.25, 0.3) is 0 Å². The van der Waals surface area contributed by atoms with Crippen molar-refractivity contribution in [3.63, 3.8) is 0 Å². The van der Waals surface area contributed by atoms with E-state index in [0.29, 0.717) is 6.54 Å². The quantitative estimate of drug-likeness (QED) is 0.392. The van der Waals surface area contributed by atoms with E-state index in [9.17, 15) is 4.57 Å². The second-order valence-electron chi connectivity index (χ2n) is 6.59. The Morgan fingerprint density at radius 3 is 2.07 bits per heavy atom. The molecule has 0 saturated heterocycles. The molecule has 4 nitrogen and oxygen atoms in total. The minimum atomic E-state index is -2.78. The zero-order valence-electron chi connectivity index (χ0n) is 15.4. The van der Waals surface area contributed by atoms with Crippen molar-refractivity contribution in [2.24, 2.45) is 0 Å². The summed E-state index contributed by atoms with van der Waals surface area (Å²) >= 11 is 1.67. The van der Waals surface area contributed by atoms with Gasteiger partial charge in [-0.3, -0.25) is 9.65 Å². The van der Waals surface area contributed by atoms with E-state index in [1.165, 1.54) is 0 Å². The van der Waals surface area contributed by atoms with Crippen LogP contribution in [0.2, 0.25) is 0 Å². The number of thioether (sulfide) groups is 1. The third kappa shape index (κ3) is 4.74. The molecule has 0 fully saturated rings. The van der Waals surface area contributed by atoms with Crippen LogP contribution in [0.25, 0.3) is 9.81 Å². The van der Waals surface area contributed by atoms with E-state index in [-0.39, 0.29) is 0 Å². The van der Waals surface area contributed by atoms with Crippen molar-refractivity contribution in [2.75, 3.05) is 6.54 Å². The molecule has 3 aromatic rings. The van der Waals surface area contributed by atoms with E-state index < -0.39 is 7.29 Å². The Labute approximate surface area is 169 Å². The highest BCUT2D eigenvalue weighted by Gasteiger charge is 2.25. The lowest BCUT2D eigenvalue weighted by Crippen LogP contribution is -2.13. The number of aromatic nitrogens is 2. The number of nitrogens with one attached hydrogen (secondary N) is 1. The third-order valence-corrected chi connectivity index (χ3v) is 7.96. The van der Waals surface area contributed by atoms with Crippen LogP contribution in [0.1, 0.15) is 17.5 Å². The number of nitrogens with zero attached hydrogens (tertiary/aromatic N) is 2. The normalized spacial score (nSPS) is 15.7. The fourth-order valence-electron chi connectivity index (χ4n) is 3.05. The summed E-state index contributed by atoms with van der Waals surface area (Å²) < 4.78 is 15.7. The van der Waals surface area contributed by atoms with Crippen LogP contribution in [-0.4, -0.2) is 16.1 Å². The fraction of sp³-hybridized carbons (Fsp3) is 0.136. The summed E-state index contributed by atoms with van der Waals surface area (Å²) in [5.41, 5.74) is 2.18. The summed E-state index contributed by atoms with van der Waals surface area (Å²) in [5, 5.41) is 3.32. The lowest BCUT2D eigenvalue weighted by molar-refractivity contribution is 0.569. The highest BCUT2D eigenvalue weighted by Crippen LogP contribution is 2.58. The molecule has 142 valence electrons. The molecule has 0 aliphatic carbocycles. The Morgan fingerprint density at radius 2 is 1.54 bits per heavy atom. The molecule has 28 heavy (non-hydrogen) atoms. The number of imidazole rings is 1. The zero-order chi connectivity index (χ0) is 19.2. The maximum atomic E-state index is 13.7. The first-order chi connectivity index (χ1) is 13.7. The molecule has 0 radical (unpaired) electrons. The summed E-state index contributed by atoms with van der Waals surface area (Å²) in [6.07, 6.45) is 6.41. The predicted molar refractivity (Wildman–Crippen MR) is 119 cm³/mol. The van der Waals surface area contributed by atoms with Crippen molar-refractivity contribution >= 4 is 28.9 Å². The third-order valence-electron chi connectivity index (χ3n) is 4.47. The van der Waals surface area contributed by atoms with Gasteiger partial charge in [-0.15, -0.1) is 0 Å². The van der Waals surface area contributed by atoms with E-state index in [1.54, 1.807) is 24.3 Å². The van der Waals surface area contributed by atoms with Crippen LogP contribution in [0.5, 0.6) is 0 Å². The first-order valence-corrected chi connectivity index (χ1v) is 11.9. The maximum absolute atomic E-state index is 13.7. The Balaban J connectivity index is 1.55. The van der Waals surface area contributed by atoms with Crippen molar-refractivity contribution in [1.29, 1.82) is 0 Å². The molecule has 0 spiro atoms. The highest BCUT2D eigenvalue weighted by atomic mass is 32.2. The smallest absolute Gasteiger partial charge is 0.192 e. The SMILES string of the molecule is O=P1(NCCCn2ccnc2)C=C(c2ccccc2)SC(c2ccccc2)=C1. The molecule has 0 saturated carbocycles. The topological polar surface area (TPSA) is 46.9 Å². The van der Waals surface area contributed by atoms with E-state index in [4.69, 9.17) is 0 Å². The minimum Gasteiger partial charge on any atom is -0.337 e. The van der Waals surface area contributed by atoms with E-state index in [2.05, 4.69) is 34.3 Å². The van der Waals surface area contributed by atoms with Gasteiger partial charge in [-0.25, -0.2) is 4.98 Å². The number of benzene rings is 2. The van der Waals surface area contributed by atoms with Gasteiger partial charge in [0.2, 0.25) is 0 Å². The number of rotatable bonds is 7. The Bertz CT molecular complexity index is 955. The summed E-state index contributed by atoms with van der Waals surface area (Å²) in [7, 11) is -2.78. The second-order valence-corrected chi connectivity index (χ2v) is 9.93. The summed E-state index contributed by atoms with van der Waals surface area (Å²) in [4.78, 5) is 6.13. The fourth-order valence-corrected chi connectivity index (χ4v) is 6.92. The molecule has 0 bridgehead atoms. The standard InChI is InChI=1S/C22H22N3OPS/c26-27(24-12-7-14-25-15-13-23-18-25)16-21(19-8-3-1-4-9-19)28-22(17-27)20-10-5-2-6-11-20/h1-6,8-11,13,15-18H,7,12,14H2,(H,24,26). The molecule has 4 rings (SSSR count). The molecule has 1 aliphatic rings. The molecule has 0 amide bonds. The van der Waals surface area contributed by atoms with Crippen LogP contribution < -0.4 is 5.09 Å². The molecule has 2 heterocycles. The molecule has 0 unspecified atom stereocenters. The van der Waals surface area contributed by atoms with Gasteiger partial charge < -0.3 is 4.57 Å². The minimum absolute atomic E-state index is 0.678. The van der Waals surface area contributed by atoms with Crippen LogP contribution in [0.4, 0.5) is 0 Å². The van der Waals surface area contributed by atoms with Gasteiger partial charge in [0.05, 0.1) is 6.33 Å². The van der Waals surface area contributed by atoms with Crippen molar-refractivity contribution in [3.8, 4) is 0 Å². The molecule has 6 heteroatoms. The number of hydrogen-bond acceptors (Lipinski definition) is 3. The van der Waals surface area contributed by atoms with Crippen molar-refractivity contribution in [3.05, 3.63) is 102 Å². The number of hydrogen-bond donors (Lipinski definition) is 1. The lowest BCUT2D eigenvalue weighted by Gasteiger charge is -2.22. The van der Waals surface area contributed by atoms with Gasteiger partial charge in [-0.2, -0.15) is 0 Å². The zero-order valence-corrected chi connectivity index (χ0v) is 17.2. The lowest BCUT2D eigenvalue weighted by atomic mass is 10.2. The van der Waals surface area contributed by atoms with Crippen molar-refractivity contribution < 1.29 is 4.57 Å². The first-order valence-electron chi connectivity index (χ1n) is 9.27. The summed E-state index contributed by atoms with van der Waals surface area (Å²) in [5.74, 6) is 3.83. The molecule has 1 aromatic heterocycles. The Kier molecular flexibility index (Phi) is 5.96. The average Bonchev–Trinajstić information content (AvgIpc) is 3.26. The van der Waals surface area contributed by atoms with Gasteiger partial charge in [0.1, 0.15) is 0 Å². The maximum Gasteiger partial charge on any atom is 0.192 e.